The summed E-state index contributed by atoms with van der Waals surface area (Å²) in [4.78, 5) is 25.2. The first-order valence-electron chi connectivity index (χ1n) is 6.26. The van der Waals surface area contributed by atoms with Crippen LogP contribution in [0.2, 0.25) is 0 Å². The fourth-order valence-electron chi connectivity index (χ4n) is 2.42. The zero-order valence-electron chi connectivity index (χ0n) is 10.7. The summed E-state index contributed by atoms with van der Waals surface area (Å²) in [5.74, 6) is -1.77. The van der Waals surface area contributed by atoms with E-state index in [1.165, 1.54) is 29.2 Å². The van der Waals surface area contributed by atoms with Gasteiger partial charge in [-0.05, 0) is 50.5 Å². The average molecular weight is 265 g/mol. The topological polar surface area (TPSA) is 57.6 Å². The Morgan fingerprint density at radius 1 is 1.26 bits per heavy atom. The monoisotopic (exact) mass is 265 g/mol. The molecule has 1 fully saturated rings. The molecule has 0 spiro atoms. The lowest BCUT2D eigenvalue weighted by molar-refractivity contribution is -0.150. The van der Waals surface area contributed by atoms with Gasteiger partial charge in [-0.1, -0.05) is 0 Å². The fourth-order valence-corrected chi connectivity index (χ4v) is 2.42. The molecule has 19 heavy (non-hydrogen) atoms. The Balaban J connectivity index is 2.30. The molecule has 1 aliphatic heterocycles. The number of benzene rings is 1. The van der Waals surface area contributed by atoms with Crippen LogP contribution in [0.25, 0.3) is 0 Å². The minimum absolute atomic E-state index is 0.316. The molecular weight excluding hydrogens is 249 g/mol. The molecule has 1 amide bonds. The molecule has 1 heterocycles. The first-order valence-corrected chi connectivity index (χ1v) is 6.26. The lowest BCUT2D eigenvalue weighted by atomic mass is 9.88. The lowest BCUT2D eigenvalue weighted by Gasteiger charge is -2.41. The Labute approximate surface area is 110 Å². The maximum atomic E-state index is 12.9. The zero-order valence-corrected chi connectivity index (χ0v) is 10.7. The summed E-state index contributed by atoms with van der Waals surface area (Å²) in [7, 11) is 0. The number of aliphatic carboxylic acids is 1. The molecule has 1 unspecified atom stereocenters. The molecule has 102 valence electrons. The van der Waals surface area contributed by atoms with Gasteiger partial charge in [0.2, 0.25) is 0 Å². The van der Waals surface area contributed by atoms with E-state index in [-0.39, 0.29) is 5.91 Å². The highest BCUT2D eigenvalue weighted by atomic mass is 19.1. The van der Waals surface area contributed by atoms with Crippen LogP contribution >= 0.6 is 0 Å². The van der Waals surface area contributed by atoms with E-state index in [4.69, 9.17) is 0 Å². The van der Waals surface area contributed by atoms with Crippen molar-refractivity contribution in [2.45, 2.75) is 31.7 Å². The Bertz CT molecular complexity index is 500. The van der Waals surface area contributed by atoms with Gasteiger partial charge in [0.1, 0.15) is 11.4 Å². The van der Waals surface area contributed by atoms with Gasteiger partial charge in [-0.15, -0.1) is 0 Å². The van der Waals surface area contributed by atoms with Crippen molar-refractivity contribution < 1.29 is 19.1 Å². The van der Waals surface area contributed by atoms with Crippen LogP contribution in [0.1, 0.15) is 36.5 Å². The van der Waals surface area contributed by atoms with E-state index >= 15 is 0 Å². The second kappa shape index (κ2) is 4.99. The van der Waals surface area contributed by atoms with Crippen LogP contribution in [0.15, 0.2) is 24.3 Å². The number of carboxylic acid groups (broad SMARTS) is 1. The number of carbonyl (C=O) groups excluding carboxylic acids is 1. The second-order valence-corrected chi connectivity index (χ2v) is 5.00. The fraction of sp³-hybridized carbons (Fsp3) is 0.429. The molecule has 0 aromatic heterocycles. The molecule has 5 heteroatoms. The van der Waals surface area contributed by atoms with Crippen molar-refractivity contribution in [3.8, 4) is 0 Å². The minimum Gasteiger partial charge on any atom is -0.480 e. The number of piperidine rings is 1. The van der Waals surface area contributed by atoms with Gasteiger partial charge in [-0.2, -0.15) is 0 Å². The van der Waals surface area contributed by atoms with Crippen LogP contribution < -0.4 is 0 Å². The average Bonchev–Trinajstić information content (AvgIpc) is 2.39. The summed E-state index contributed by atoms with van der Waals surface area (Å²) >= 11 is 0. The zero-order chi connectivity index (χ0) is 14.0. The molecule has 0 saturated carbocycles. The predicted molar refractivity (Wildman–Crippen MR) is 67.3 cm³/mol. The number of nitrogens with zero attached hydrogens (tertiary/aromatic N) is 1. The Morgan fingerprint density at radius 3 is 2.47 bits per heavy atom. The van der Waals surface area contributed by atoms with E-state index < -0.39 is 17.3 Å². The third-order valence-corrected chi connectivity index (χ3v) is 3.69. The highest BCUT2D eigenvalue weighted by molar-refractivity contribution is 5.97. The molecule has 1 aromatic carbocycles. The third-order valence-electron chi connectivity index (χ3n) is 3.69. The number of hydrogen-bond acceptors (Lipinski definition) is 2. The molecule has 0 aliphatic carbocycles. The summed E-state index contributed by atoms with van der Waals surface area (Å²) in [6.07, 6.45) is 2.01. The highest BCUT2D eigenvalue weighted by Crippen LogP contribution is 2.29. The molecule has 1 N–H and O–H groups in total. The van der Waals surface area contributed by atoms with E-state index in [9.17, 15) is 19.1 Å². The van der Waals surface area contributed by atoms with E-state index in [0.29, 0.717) is 18.5 Å². The van der Waals surface area contributed by atoms with E-state index in [1.54, 1.807) is 6.92 Å². The molecule has 1 aliphatic rings. The first kappa shape index (κ1) is 13.5. The van der Waals surface area contributed by atoms with Crippen LogP contribution in [0, 0.1) is 5.82 Å². The molecular formula is C14H16FNO3. The van der Waals surface area contributed by atoms with Gasteiger partial charge < -0.3 is 10.0 Å². The second-order valence-electron chi connectivity index (χ2n) is 5.00. The third kappa shape index (κ3) is 2.45. The number of carbonyl (C=O) groups is 2. The summed E-state index contributed by atoms with van der Waals surface area (Å²) in [5, 5.41) is 9.35. The van der Waals surface area contributed by atoms with Crippen molar-refractivity contribution >= 4 is 11.9 Å². The normalized spacial score (nSPS) is 23.2. The Kier molecular flexibility index (Phi) is 3.55. The van der Waals surface area contributed by atoms with E-state index in [2.05, 4.69) is 0 Å². The maximum Gasteiger partial charge on any atom is 0.329 e. The van der Waals surface area contributed by atoms with Crippen molar-refractivity contribution in [2.75, 3.05) is 6.54 Å². The van der Waals surface area contributed by atoms with Gasteiger partial charge in [0, 0.05) is 12.1 Å². The number of halogens is 1. The van der Waals surface area contributed by atoms with Crippen LogP contribution in [0.5, 0.6) is 0 Å². The lowest BCUT2D eigenvalue weighted by Crippen LogP contribution is -2.57. The van der Waals surface area contributed by atoms with Crippen molar-refractivity contribution in [1.82, 2.24) is 4.90 Å². The molecule has 0 bridgehead atoms. The quantitative estimate of drug-likeness (QED) is 0.892. The van der Waals surface area contributed by atoms with Crippen LogP contribution in [0.3, 0.4) is 0 Å². The van der Waals surface area contributed by atoms with Crippen LogP contribution in [0.4, 0.5) is 4.39 Å². The molecule has 0 radical (unpaired) electrons. The van der Waals surface area contributed by atoms with Crippen molar-refractivity contribution in [3.05, 3.63) is 35.6 Å². The van der Waals surface area contributed by atoms with Gasteiger partial charge >= 0.3 is 5.97 Å². The number of amides is 1. The Hall–Kier alpha value is -1.91. The highest BCUT2D eigenvalue weighted by Gasteiger charge is 2.44. The molecule has 4 nitrogen and oxygen atoms in total. The Morgan fingerprint density at radius 2 is 1.89 bits per heavy atom. The van der Waals surface area contributed by atoms with Gasteiger partial charge in [0.05, 0.1) is 0 Å². The smallest absolute Gasteiger partial charge is 0.329 e. The van der Waals surface area contributed by atoms with Gasteiger partial charge in [0.25, 0.3) is 5.91 Å². The summed E-state index contributed by atoms with van der Waals surface area (Å²) in [6.45, 7) is 1.98. The molecule has 1 saturated heterocycles. The maximum absolute atomic E-state index is 12.9. The van der Waals surface area contributed by atoms with Gasteiger partial charge in [-0.3, -0.25) is 4.79 Å². The predicted octanol–water partition coefficient (Wildman–Crippen LogP) is 2.30. The van der Waals surface area contributed by atoms with Crippen molar-refractivity contribution in [2.24, 2.45) is 0 Å². The summed E-state index contributed by atoms with van der Waals surface area (Å²) < 4.78 is 12.9. The van der Waals surface area contributed by atoms with Crippen LogP contribution in [-0.2, 0) is 4.79 Å². The van der Waals surface area contributed by atoms with E-state index in [0.717, 1.165) is 12.8 Å². The minimum atomic E-state index is -1.18. The molecule has 1 atom stereocenters. The molecule has 1 aromatic rings. The SMILES string of the molecule is CC1(C(=O)O)CCCCN1C(=O)c1ccc(F)cc1. The largest absolute Gasteiger partial charge is 0.480 e. The number of rotatable bonds is 2. The standard InChI is InChI=1S/C14H16FNO3/c1-14(13(18)19)8-2-3-9-16(14)12(17)10-4-6-11(15)7-5-10/h4-7H,2-3,8-9H2,1H3,(H,18,19). The van der Waals surface area contributed by atoms with Crippen LogP contribution in [-0.4, -0.2) is 34.0 Å². The first-order chi connectivity index (χ1) is 8.95. The van der Waals surface area contributed by atoms with Gasteiger partial charge in [-0.25, -0.2) is 9.18 Å². The van der Waals surface area contributed by atoms with Crippen molar-refractivity contribution in [3.63, 3.8) is 0 Å². The number of carboxylic acids is 1. The summed E-state index contributed by atoms with van der Waals surface area (Å²) in [5.41, 5.74) is -0.861. The van der Waals surface area contributed by atoms with Crippen molar-refractivity contribution in [1.29, 1.82) is 0 Å². The molecule has 2 rings (SSSR count). The summed E-state index contributed by atoms with van der Waals surface area (Å²) in [6, 6.07) is 5.17. The van der Waals surface area contributed by atoms with E-state index in [1.807, 2.05) is 0 Å². The van der Waals surface area contributed by atoms with Gasteiger partial charge in [0.15, 0.2) is 0 Å². The number of hydrogen-bond donors (Lipinski definition) is 1. The number of likely N-dealkylation sites (tertiary alicyclic amines) is 1.